The van der Waals surface area contributed by atoms with Crippen molar-refractivity contribution < 1.29 is 17.1 Å². The molecule has 24 heavy (non-hydrogen) atoms. The summed E-state index contributed by atoms with van der Waals surface area (Å²) in [5.41, 5.74) is 2.24. The van der Waals surface area contributed by atoms with Gasteiger partial charge in [0.1, 0.15) is 0 Å². The van der Waals surface area contributed by atoms with Crippen LogP contribution in [0.15, 0.2) is 121 Å². The van der Waals surface area contributed by atoms with Crippen LogP contribution in [0.3, 0.4) is 0 Å². The molecule has 4 aromatic carbocycles. The molecule has 0 spiro atoms. The molecule has 0 aliphatic heterocycles. The molecule has 0 bridgehead atoms. The van der Waals surface area contributed by atoms with Crippen molar-refractivity contribution in [1.29, 1.82) is 0 Å². The van der Waals surface area contributed by atoms with Crippen molar-refractivity contribution in [3.63, 3.8) is 0 Å². The van der Waals surface area contributed by atoms with Crippen molar-refractivity contribution >= 4 is 11.4 Å². The first kappa shape index (κ1) is 19.5. The first-order chi connectivity index (χ1) is 11.4. The zero-order chi connectivity index (χ0) is 16.0. The number of benzene rings is 2. The smallest absolute Gasteiger partial charge is 0.0384 e. The van der Waals surface area contributed by atoms with Crippen LogP contribution in [-0.2, 0) is 17.1 Å². The third kappa shape index (κ3) is 8.79. The van der Waals surface area contributed by atoms with Crippen molar-refractivity contribution in [3.8, 4) is 0 Å². The predicted octanol–water partition coefficient (Wildman–Crippen LogP) is 6.24. The summed E-state index contributed by atoms with van der Waals surface area (Å²) < 4.78 is 0. The second kappa shape index (κ2) is 12.9. The predicted molar refractivity (Wildman–Crippen MR) is 100 cm³/mol. The number of nitrogens with one attached hydrogen (secondary N) is 1. The molecule has 1 nitrogen and oxygen atoms in total. The zero-order valence-corrected chi connectivity index (χ0v) is 14.5. The van der Waals surface area contributed by atoms with Crippen LogP contribution in [0.2, 0.25) is 0 Å². The van der Waals surface area contributed by atoms with Gasteiger partial charge in [-0.05, 0) is 24.3 Å². The SMILES string of the molecule is [Fe].[cH-]1[cH-][cH-][cH-][cH-]1.c1cc[cH-]c1.c1ccc(Nc2ccccc2)cc1. The van der Waals surface area contributed by atoms with Crippen molar-refractivity contribution in [2.45, 2.75) is 0 Å². The van der Waals surface area contributed by atoms with Gasteiger partial charge in [0.2, 0.25) is 0 Å². The summed E-state index contributed by atoms with van der Waals surface area (Å²) in [6.45, 7) is 0. The molecule has 0 radical (unpaired) electrons. The second-order valence-electron chi connectivity index (χ2n) is 4.78. The van der Waals surface area contributed by atoms with Crippen LogP contribution in [0.5, 0.6) is 0 Å². The molecule has 0 heterocycles. The summed E-state index contributed by atoms with van der Waals surface area (Å²) in [6, 6.07) is 40.3. The van der Waals surface area contributed by atoms with Gasteiger partial charge in [0.05, 0.1) is 0 Å². The number of hydrogen-bond donors (Lipinski definition) is 1. The zero-order valence-electron chi connectivity index (χ0n) is 13.4. The minimum absolute atomic E-state index is 0. The number of hydrogen-bond acceptors (Lipinski definition) is 1. The summed E-state index contributed by atoms with van der Waals surface area (Å²) in [7, 11) is 0. The molecule has 0 aromatic heterocycles. The van der Waals surface area contributed by atoms with Crippen LogP contribution in [0.1, 0.15) is 0 Å². The van der Waals surface area contributed by atoms with Gasteiger partial charge < -0.3 is 35.6 Å². The van der Waals surface area contributed by atoms with E-state index in [4.69, 9.17) is 0 Å². The van der Waals surface area contributed by atoms with Gasteiger partial charge >= 0.3 is 0 Å². The van der Waals surface area contributed by atoms with E-state index in [0.717, 1.165) is 11.4 Å². The largest absolute Gasteiger partial charge is 0.748 e. The van der Waals surface area contributed by atoms with E-state index in [2.05, 4.69) is 5.32 Å². The molecule has 0 fully saturated rings. The molecule has 0 amide bonds. The molecule has 0 aliphatic rings. The Balaban J connectivity index is 0.000000216. The standard InChI is InChI=1S/C12H11N.2C5H5.Fe/c1-3-7-11(8-4-1)13-12-9-5-2-6-10-12;2*1-2-4-5-3-1;/h1-10,13H;2*1-5H;/q;-5;-1;. The second-order valence-corrected chi connectivity index (χ2v) is 4.78. The number of para-hydroxylation sites is 2. The van der Waals surface area contributed by atoms with Crippen molar-refractivity contribution in [2.24, 2.45) is 0 Å². The van der Waals surface area contributed by atoms with E-state index in [0.29, 0.717) is 0 Å². The molecule has 0 unspecified atom stereocenters. The molecule has 0 saturated heterocycles. The fraction of sp³-hybridized carbons (Fsp3) is 0. The van der Waals surface area contributed by atoms with E-state index in [-0.39, 0.29) is 17.1 Å². The maximum Gasteiger partial charge on any atom is 0.0384 e. The summed E-state index contributed by atoms with van der Waals surface area (Å²) in [5, 5.41) is 3.30. The first-order valence-electron chi connectivity index (χ1n) is 7.65. The first-order valence-corrected chi connectivity index (χ1v) is 7.65. The van der Waals surface area contributed by atoms with Gasteiger partial charge in [0.25, 0.3) is 0 Å². The van der Waals surface area contributed by atoms with Crippen molar-refractivity contribution in [3.05, 3.63) is 121 Å². The van der Waals surface area contributed by atoms with Crippen LogP contribution < -0.4 is 5.32 Å². The molecule has 4 aromatic rings. The minimum atomic E-state index is 0. The van der Waals surface area contributed by atoms with E-state index < -0.39 is 0 Å². The summed E-state index contributed by atoms with van der Waals surface area (Å²) in [6.07, 6.45) is 0. The Morgan fingerprint density at radius 1 is 0.500 bits per heavy atom. The van der Waals surface area contributed by atoms with E-state index in [9.17, 15) is 0 Å². The van der Waals surface area contributed by atoms with Gasteiger partial charge in [-0.25, -0.2) is 12.1 Å². The molecule has 4 rings (SSSR count). The average Bonchev–Trinajstić information content (AvgIpc) is 3.35. The monoisotopic (exact) mass is 355 g/mol. The minimum Gasteiger partial charge on any atom is -0.748 e. The van der Waals surface area contributed by atoms with Gasteiger partial charge in [0, 0.05) is 28.4 Å². The van der Waals surface area contributed by atoms with Gasteiger partial charge in [-0.2, -0.15) is 18.2 Å². The number of rotatable bonds is 2. The van der Waals surface area contributed by atoms with Crippen LogP contribution in [0.4, 0.5) is 11.4 Å². The topological polar surface area (TPSA) is 12.0 Å². The van der Waals surface area contributed by atoms with Crippen molar-refractivity contribution in [2.75, 3.05) is 5.32 Å². The quantitative estimate of drug-likeness (QED) is 0.332. The summed E-state index contributed by atoms with van der Waals surface area (Å²) in [4.78, 5) is 0. The van der Waals surface area contributed by atoms with Crippen LogP contribution in [0.25, 0.3) is 0 Å². The molecule has 1 N–H and O–H groups in total. The molecule has 0 atom stereocenters. The Morgan fingerprint density at radius 3 is 1.17 bits per heavy atom. The van der Waals surface area contributed by atoms with E-state index in [1.165, 1.54) is 0 Å². The third-order valence-corrected chi connectivity index (χ3v) is 2.95. The van der Waals surface area contributed by atoms with E-state index in [1.54, 1.807) is 0 Å². The molecule has 0 aliphatic carbocycles. The van der Waals surface area contributed by atoms with Crippen molar-refractivity contribution in [1.82, 2.24) is 0 Å². The number of anilines is 2. The van der Waals surface area contributed by atoms with E-state index >= 15 is 0 Å². The molecular formula is C22H21FeN-6. The maximum atomic E-state index is 3.30. The molecule has 0 saturated carbocycles. The van der Waals surface area contributed by atoms with E-state index in [1.807, 2.05) is 121 Å². The maximum absolute atomic E-state index is 3.30. The molecule has 2 heteroatoms. The van der Waals surface area contributed by atoms with Crippen LogP contribution in [-0.4, -0.2) is 0 Å². The third-order valence-electron chi connectivity index (χ3n) is 2.95. The van der Waals surface area contributed by atoms with Gasteiger partial charge in [-0.3, -0.25) is 0 Å². The summed E-state index contributed by atoms with van der Waals surface area (Å²) >= 11 is 0. The Hall–Kier alpha value is -2.54. The Morgan fingerprint density at radius 2 is 0.875 bits per heavy atom. The van der Waals surface area contributed by atoms with Gasteiger partial charge in [-0.15, -0.1) is 0 Å². The average molecular weight is 355 g/mol. The Bertz CT molecular complexity index is 588. The molecular weight excluding hydrogens is 334 g/mol. The normalized spacial score (nSPS) is 8.50. The fourth-order valence-corrected chi connectivity index (χ4v) is 1.85. The van der Waals surface area contributed by atoms with Gasteiger partial charge in [-0.1, -0.05) is 36.4 Å². The molecule has 128 valence electrons. The summed E-state index contributed by atoms with van der Waals surface area (Å²) in [5.74, 6) is 0. The van der Waals surface area contributed by atoms with Crippen LogP contribution in [0, 0.1) is 0 Å². The fourth-order valence-electron chi connectivity index (χ4n) is 1.85. The Kier molecular flexibility index (Phi) is 10.5. The van der Waals surface area contributed by atoms with Gasteiger partial charge in [0.15, 0.2) is 0 Å². The Labute approximate surface area is 155 Å². The van der Waals surface area contributed by atoms with Crippen LogP contribution >= 0.6 is 0 Å².